The van der Waals surface area contributed by atoms with Gasteiger partial charge in [0, 0.05) is 23.7 Å². The van der Waals surface area contributed by atoms with E-state index in [9.17, 15) is 9.90 Å². The number of nitrogens with one attached hydrogen (secondary N) is 1. The van der Waals surface area contributed by atoms with Gasteiger partial charge in [-0.1, -0.05) is 41.5 Å². The second kappa shape index (κ2) is 7.41. The summed E-state index contributed by atoms with van der Waals surface area (Å²) in [6.07, 6.45) is -0.581. The van der Waals surface area contributed by atoms with Crippen LogP contribution in [0.2, 0.25) is 0 Å². The lowest BCUT2D eigenvalue weighted by Gasteiger charge is -2.28. The summed E-state index contributed by atoms with van der Waals surface area (Å²) in [5.74, 6) is 1.19. The number of phenols is 1. The van der Waals surface area contributed by atoms with Crippen LogP contribution in [-0.2, 0) is 10.8 Å². The minimum atomic E-state index is -0.581. The number of amides is 1. The van der Waals surface area contributed by atoms with Gasteiger partial charge in [-0.15, -0.1) is 0 Å². The number of carbonyl (C=O) groups excluding carboxylic acids is 1. The summed E-state index contributed by atoms with van der Waals surface area (Å²) in [5.41, 5.74) is 2.96. The molecule has 0 aliphatic rings. The Morgan fingerprint density at radius 3 is 1.93 bits per heavy atom. The van der Waals surface area contributed by atoms with Crippen LogP contribution in [-0.4, -0.2) is 28.2 Å². The minimum absolute atomic E-state index is 0.279. The second-order valence-electron chi connectivity index (χ2n) is 9.09. The highest BCUT2D eigenvalue weighted by molar-refractivity contribution is 5.77. The van der Waals surface area contributed by atoms with Crippen LogP contribution in [0.25, 0.3) is 11.3 Å². The SMILES string of the molecule is CNC(=O)Oc1c(C)nc(C)nc1-c1cc(C(C)(C)C)c(O)c(C(C)(C)C)c1. The van der Waals surface area contributed by atoms with Crippen LogP contribution >= 0.6 is 0 Å². The van der Waals surface area contributed by atoms with Crippen LogP contribution in [0.1, 0.15) is 64.2 Å². The molecule has 0 bridgehead atoms. The van der Waals surface area contributed by atoms with Crippen LogP contribution in [0, 0.1) is 13.8 Å². The van der Waals surface area contributed by atoms with E-state index >= 15 is 0 Å². The van der Waals surface area contributed by atoms with E-state index in [0.29, 0.717) is 28.7 Å². The summed E-state index contributed by atoms with van der Waals surface area (Å²) in [6, 6.07) is 3.84. The van der Waals surface area contributed by atoms with E-state index in [0.717, 1.165) is 16.7 Å². The molecule has 0 unspecified atom stereocenters. The molecule has 0 saturated heterocycles. The summed E-state index contributed by atoms with van der Waals surface area (Å²) >= 11 is 0. The maximum Gasteiger partial charge on any atom is 0.412 e. The first-order chi connectivity index (χ1) is 12.8. The first-order valence-electron chi connectivity index (χ1n) is 9.39. The summed E-state index contributed by atoms with van der Waals surface area (Å²) in [7, 11) is 1.50. The van der Waals surface area contributed by atoms with Crippen LogP contribution in [0.3, 0.4) is 0 Å². The highest BCUT2D eigenvalue weighted by atomic mass is 16.6. The number of phenolic OH excluding ortho intramolecular Hbond substituents is 1. The van der Waals surface area contributed by atoms with Crippen molar-refractivity contribution in [2.24, 2.45) is 0 Å². The first-order valence-corrected chi connectivity index (χ1v) is 9.39. The molecular formula is C22H31N3O3. The monoisotopic (exact) mass is 385 g/mol. The van der Waals surface area contributed by atoms with Crippen molar-refractivity contribution in [3.8, 4) is 22.8 Å². The lowest BCUT2D eigenvalue weighted by molar-refractivity contribution is 0.202. The average molecular weight is 386 g/mol. The number of ether oxygens (including phenoxy) is 1. The molecule has 2 N–H and O–H groups in total. The van der Waals surface area contributed by atoms with E-state index in [-0.39, 0.29) is 10.8 Å². The molecule has 0 fully saturated rings. The molecule has 2 rings (SSSR count). The van der Waals surface area contributed by atoms with Gasteiger partial charge in [0.05, 0.1) is 5.69 Å². The Balaban J connectivity index is 2.86. The van der Waals surface area contributed by atoms with Crippen molar-refractivity contribution in [2.45, 2.75) is 66.2 Å². The smallest absolute Gasteiger partial charge is 0.412 e. The Labute approximate surface area is 167 Å². The number of rotatable bonds is 2. The van der Waals surface area contributed by atoms with Crippen molar-refractivity contribution in [2.75, 3.05) is 7.05 Å². The molecule has 0 radical (unpaired) electrons. The standard InChI is InChI=1S/C22H31N3O3/c1-12-19(28-20(27)23-9)17(25-13(2)24-12)14-10-15(21(3,4)5)18(26)16(11-14)22(6,7)8/h10-11,26H,1-9H3,(H,23,27). The maximum atomic E-state index is 11.9. The van der Waals surface area contributed by atoms with E-state index in [1.807, 2.05) is 12.1 Å². The van der Waals surface area contributed by atoms with Gasteiger partial charge in [-0.2, -0.15) is 0 Å². The van der Waals surface area contributed by atoms with Crippen molar-refractivity contribution in [1.82, 2.24) is 15.3 Å². The molecule has 1 heterocycles. The zero-order valence-electron chi connectivity index (χ0n) is 18.3. The Morgan fingerprint density at radius 1 is 1.00 bits per heavy atom. The quantitative estimate of drug-likeness (QED) is 0.777. The van der Waals surface area contributed by atoms with E-state index in [1.165, 1.54) is 7.05 Å². The molecule has 0 spiro atoms. The summed E-state index contributed by atoms with van der Waals surface area (Å²) in [4.78, 5) is 20.8. The number of aromatic hydroxyl groups is 1. The number of aromatic nitrogens is 2. The molecular weight excluding hydrogens is 354 g/mol. The lowest BCUT2D eigenvalue weighted by Crippen LogP contribution is -2.23. The normalized spacial score (nSPS) is 12.0. The van der Waals surface area contributed by atoms with Gasteiger partial charge in [0.25, 0.3) is 0 Å². The molecule has 152 valence electrons. The first kappa shape index (κ1) is 21.7. The second-order valence-corrected chi connectivity index (χ2v) is 9.09. The van der Waals surface area contributed by atoms with E-state index < -0.39 is 6.09 Å². The summed E-state index contributed by atoms with van der Waals surface area (Å²) in [6.45, 7) is 15.9. The number of hydrogen-bond acceptors (Lipinski definition) is 5. The number of carbonyl (C=O) groups is 1. The molecule has 0 aliphatic carbocycles. The predicted molar refractivity (Wildman–Crippen MR) is 111 cm³/mol. The molecule has 0 aliphatic heterocycles. The molecule has 2 aromatic rings. The third-order valence-electron chi connectivity index (χ3n) is 4.55. The molecule has 0 saturated carbocycles. The van der Waals surface area contributed by atoms with Gasteiger partial charge in [0.2, 0.25) is 0 Å². The van der Waals surface area contributed by atoms with Gasteiger partial charge in [0.15, 0.2) is 5.75 Å². The van der Waals surface area contributed by atoms with Gasteiger partial charge >= 0.3 is 6.09 Å². The zero-order valence-corrected chi connectivity index (χ0v) is 18.3. The number of nitrogens with zero attached hydrogens (tertiary/aromatic N) is 2. The predicted octanol–water partition coefficient (Wildman–Crippen LogP) is 4.78. The van der Waals surface area contributed by atoms with Crippen LogP contribution in [0.15, 0.2) is 12.1 Å². The maximum absolute atomic E-state index is 11.9. The Morgan fingerprint density at radius 2 is 1.50 bits per heavy atom. The van der Waals surface area contributed by atoms with Crippen LogP contribution in [0.5, 0.6) is 11.5 Å². The average Bonchev–Trinajstić information content (AvgIpc) is 2.55. The van der Waals surface area contributed by atoms with Gasteiger partial charge in [-0.3, -0.25) is 0 Å². The third-order valence-corrected chi connectivity index (χ3v) is 4.55. The lowest BCUT2D eigenvalue weighted by atomic mass is 9.78. The fourth-order valence-corrected chi connectivity index (χ4v) is 3.08. The van der Waals surface area contributed by atoms with E-state index in [4.69, 9.17) is 4.74 Å². The summed E-state index contributed by atoms with van der Waals surface area (Å²) in [5, 5.41) is 13.4. The molecule has 6 heteroatoms. The minimum Gasteiger partial charge on any atom is -0.507 e. The summed E-state index contributed by atoms with van der Waals surface area (Å²) < 4.78 is 5.48. The topological polar surface area (TPSA) is 84.3 Å². The van der Waals surface area contributed by atoms with Crippen molar-refractivity contribution in [1.29, 1.82) is 0 Å². The molecule has 0 atom stereocenters. The highest BCUT2D eigenvalue weighted by Crippen LogP contribution is 2.43. The van der Waals surface area contributed by atoms with E-state index in [1.54, 1.807) is 13.8 Å². The molecule has 1 aromatic heterocycles. The molecule has 28 heavy (non-hydrogen) atoms. The van der Waals surface area contributed by atoms with E-state index in [2.05, 4.69) is 56.8 Å². The largest absolute Gasteiger partial charge is 0.507 e. The molecule has 1 aromatic carbocycles. The fourth-order valence-electron chi connectivity index (χ4n) is 3.08. The van der Waals surface area contributed by atoms with Crippen molar-refractivity contribution >= 4 is 6.09 Å². The van der Waals surface area contributed by atoms with Crippen molar-refractivity contribution in [3.63, 3.8) is 0 Å². The number of benzene rings is 1. The zero-order chi connectivity index (χ0) is 21.4. The van der Waals surface area contributed by atoms with Gasteiger partial charge in [-0.25, -0.2) is 14.8 Å². The van der Waals surface area contributed by atoms with Crippen molar-refractivity contribution < 1.29 is 14.6 Å². The van der Waals surface area contributed by atoms with Crippen LogP contribution in [0.4, 0.5) is 4.79 Å². The van der Waals surface area contributed by atoms with Gasteiger partial charge in [0.1, 0.15) is 17.3 Å². The number of aryl methyl sites for hydroxylation is 2. The van der Waals surface area contributed by atoms with Crippen molar-refractivity contribution in [3.05, 3.63) is 34.8 Å². The highest BCUT2D eigenvalue weighted by Gasteiger charge is 2.28. The van der Waals surface area contributed by atoms with Crippen LogP contribution < -0.4 is 10.1 Å². The van der Waals surface area contributed by atoms with Gasteiger partial charge in [-0.05, 0) is 36.8 Å². The molecule has 6 nitrogen and oxygen atoms in total. The Bertz CT molecular complexity index is 871. The third kappa shape index (κ3) is 4.43. The Hall–Kier alpha value is -2.63. The number of hydrogen-bond donors (Lipinski definition) is 2. The fraction of sp³-hybridized carbons (Fsp3) is 0.500. The molecule has 1 amide bonds. The Kier molecular flexibility index (Phi) is 5.74. The van der Waals surface area contributed by atoms with Gasteiger partial charge < -0.3 is 15.2 Å².